The van der Waals surface area contributed by atoms with Crippen LogP contribution < -0.4 is 15.3 Å². The number of fused-ring (bicyclic) bond motifs is 1. The van der Waals surface area contributed by atoms with Gasteiger partial charge in [-0.1, -0.05) is 6.07 Å². The molecule has 1 N–H and O–H groups in total. The van der Waals surface area contributed by atoms with E-state index in [1.54, 1.807) is 0 Å². The molecule has 2 rings (SSSR count). The van der Waals surface area contributed by atoms with Crippen LogP contribution in [0.2, 0.25) is 0 Å². The second kappa shape index (κ2) is 3.76. The lowest BCUT2D eigenvalue weighted by Gasteiger charge is -2.08. The number of hydrogen-bond donors (Lipinski definition) is 1. The standard InChI is InChI=1S/C10H6F3NO3/c11-10(12,13)17-8-3-1-2-6-5(8)4-7(14-6)9(15)16/h1-4,7H,(H,15,16)/t7-/m1/s1. The van der Waals surface area contributed by atoms with Crippen molar-refractivity contribution in [3.8, 4) is 5.75 Å². The summed E-state index contributed by atoms with van der Waals surface area (Å²) in [4.78, 5) is 14.4. The zero-order valence-electron chi connectivity index (χ0n) is 8.23. The molecule has 1 atom stereocenters. The molecule has 1 heterocycles. The molecule has 7 heteroatoms. The fourth-order valence-electron chi connectivity index (χ4n) is 1.50. The molecule has 0 unspecified atom stereocenters. The fraction of sp³-hybridized carbons (Fsp3) is 0.200. The molecule has 0 bridgehead atoms. The van der Waals surface area contributed by atoms with Crippen LogP contribution in [0.1, 0.15) is 0 Å². The quantitative estimate of drug-likeness (QED) is 0.823. The Hall–Kier alpha value is -2.05. The third kappa shape index (κ3) is 2.38. The summed E-state index contributed by atoms with van der Waals surface area (Å²) in [6.07, 6.45) is -3.69. The number of carboxylic acids is 1. The predicted molar refractivity (Wildman–Crippen MR) is 49.8 cm³/mol. The molecule has 0 spiro atoms. The zero-order chi connectivity index (χ0) is 12.6. The molecular formula is C10H6F3NO3. The average molecular weight is 245 g/mol. The van der Waals surface area contributed by atoms with Crippen molar-refractivity contribution in [1.29, 1.82) is 0 Å². The fourth-order valence-corrected chi connectivity index (χ4v) is 1.50. The Bertz CT molecular complexity index is 579. The summed E-state index contributed by atoms with van der Waals surface area (Å²) in [5, 5.41) is 8.95. The smallest absolute Gasteiger partial charge is 0.479 e. The molecule has 0 aliphatic carbocycles. The Kier molecular flexibility index (Phi) is 2.53. The molecule has 17 heavy (non-hydrogen) atoms. The first-order chi connectivity index (χ1) is 7.87. The van der Waals surface area contributed by atoms with Gasteiger partial charge >= 0.3 is 12.3 Å². The van der Waals surface area contributed by atoms with E-state index in [0.717, 1.165) is 12.1 Å². The Balaban J connectivity index is 2.49. The van der Waals surface area contributed by atoms with Crippen LogP contribution in [0.4, 0.5) is 13.2 Å². The van der Waals surface area contributed by atoms with E-state index in [0.29, 0.717) is 0 Å². The summed E-state index contributed by atoms with van der Waals surface area (Å²) in [5.41, 5.74) is 0. The Morgan fingerprint density at radius 3 is 2.71 bits per heavy atom. The number of carboxylic acid groups (broad SMARTS) is 1. The van der Waals surface area contributed by atoms with Crippen molar-refractivity contribution in [2.45, 2.75) is 12.4 Å². The lowest BCUT2D eigenvalue weighted by molar-refractivity contribution is -0.275. The van der Waals surface area contributed by atoms with Gasteiger partial charge in [0.2, 0.25) is 0 Å². The van der Waals surface area contributed by atoms with Crippen molar-refractivity contribution in [2.24, 2.45) is 4.99 Å². The molecule has 0 saturated carbocycles. The number of ether oxygens (including phenoxy) is 1. The number of rotatable bonds is 2. The van der Waals surface area contributed by atoms with E-state index < -0.39 is 24.1 Å². The van der Waals surface area contributed by atoms with Gasteiger partial charge in [-0.15, -0.1) is 13.2 Å². The molecule has 0 aromatic heterocycles. The van der Waals surface area contributed by atoms with Gasteiger partial charge in [0.15, 0.2) is 6.04 Å². The van der Waals surface area contributed by atoms with Gasteiger partial charge in [0.25, 0.3) is 0 Å². The number of halogens is 3. The number of alkyl halides is 3. The van der Waals surface area contributed by atoms with Gasteiger partial charge < -0.3 is 9.84 Å². The Morgan fingerprint density at radius 1 is 1.41 bits per heavy atom. The van der Waals surface area contributed by atoms with Crippen molar-refractivity contribution in [3.05, 3.63) is 28.8 Å². The van der Waals surface area contributed by atoms with Crippen LogP contribution >= 0.6 is 0 Å². The van der Waals surface area contributed by atoms with Gasteiger partial charge in [0.1, 0.15) is 5.75 Å². The minimum Gasteiger partial charge on any atom is -0.479 e. The average Bonchev–Trinajstić information content (AvgIpc) is 2.60. The molecule has 1 aromatic rings. The van der Waals surface area contributed by atoms with Gasteiger partial charge in [-0.25, -0.2) is 4.79 Å². The number of aliphatic carboxylic acids is 1. The van der Waals surface area contributed by atoms with Crippen molar-refractivity contribution >= 4 is 12.0 Å². The van der Waals surface area contributed by atoms with Gasteiger partial charge in [-0.2, -0.15) is 0 Å². The highest BCUT2D eigenvalue weighted by molar-refractivity contribution is 5.82. The third-order valence-corrected chi connectivity index (χ3v) is 2.12. The van der Waals surface area contributed by atoms with Crippen LogP contribution in [-0.4, -0.2) is 23.5 Å². The summed E-state index contributed by atoms with van der Waals surface area (Å²) >= 11 is 0. The van der Waals surface area contributed by atoms with Gasteiger partial charge in [-0.05, 0) is 18.2 Å². The van der Waals surface area contributed by atoms with Crippen molar-refractivity contribution in [1.82, 2.24) is 0 Å². The minimum atomic E-state index is -4.82. The van der Waals surface area contributed by atoms with Crippen molar-refractivity contribution in [2.75, 3.05) is 0 Å². The molecule has 0 radical (unpaired) electrons. The van der Waals surface area contributed by atoms with Crippen molar-refractivity contribution in [3.63, 3.8) is 0 Å². The van der Waals surface area contributed by atoms with E-state index in [1.165, 1.54) is 12.1 Å². The topological polar surface area (TPSA) is 58.9 Å². The maximum absolute atomic E-state index is 12.1. The SMILES string of the molecule is O=C(O)[C@H]1C=c2c(OC(F)(F)F)cccc2=N1. The first kappa shape index (κ1) is 11.4. The summed E-state index contributed by atoms with van der Waals surface area (Å²) in [6, 6.07) is 2.70. The van der Waals surface area contributed by atoms with Crippen molar-refractivity contribution < 1.29 is 27.8 Å². The largest absolute Gasteiger partial charge is 0.573 e. The highest BCUT2D eigenvalue weighted by atomic mass is 19.4. The Morgan fingerprint density at radius 2 is 2.12 bits per heavy atom. The second-order valence-electron chi connectivity index (χ2n) is 3.32. The second-order valence-corrected chi connectivity index (χ2v) is 3.32. The summed E-state index contributed by atoms with van der Waals surface area (Å²) in [5.74, 6) is -1.67. The van der Waals surface area contributed by atoms with E-state index in [9.17, 15) is 18.0 Å². The third-order valence-electron chi connectivity index (χ3n) is 2.12. The number of nitrogens with zero attached hydrogens (tertiary/aromatic N) is 1. The van der Waals surface area contributed by atoms with E-state index in [4.69, 9.17) is 5.11 Å². The summed E-state index contributed by atoms with van der Waals surface area (Å²) in [6.45, 7) is 0. The van der Waals surface area contributed by atoms with E-state index in [-0.39, 0.29) is 10.6 Å². The first-order valence-electron chi connectivity index (χ1n) is 4.54. The molecule has 90 valence electrons. The number of carbonyl (C=O) groups is 1. The molecule has 1 aromatic carbocycles. The van der Waals surface area contributed by atoms with Crippen LogP contribution in [-0.2, 0) is 4.79 Å². The molecule has 1 aliphatic rings. The molecule has 4 nitrogen and oxygen atoms in total. The van der Waals surface area contributed by atoms with E-state index in [2.05, 4.69) is 9.73 Å². The summed E-state index contributed by atoms with van der Waals surface area (Å²) in [7, 11) is 0. The van der Waals surface area contributed by atoms with Crippen LogP contribution in [0.25, 0.3) is 6.08 Å². The Labute approximate surface area is 92.7 Å². The maximum atomic E-state index is 12.1. The highest BCUT2D eigenvalue weighted by Crippen LogP contribution is 2.19. The van der Waals surface area contributed by atoms with Gasteiger partial charge in [-0.3, -0.25) is 4.99 Å². The van der Waals surface area contributed by atoms with Crippen LogP contribution in [0.15, 0.2) is 23.2 Å². The van der Waals surface area contributed by atoms with E-state index >= 15 is 0 Å². The highest BCUT2D eigenvalue weighted by Gasteiger charge is 2.32. The number of hydrogen-bond acceptors (Lipinski definition) is 3. The van der Waals surface area contributed by atoms with Crippen LogP contribution in [0.5, 0.6) is 5.75 Å². The van der Waals surface area contributed by atoms with Crippen LogP contribution in [0.3, 0.4) is 0 Å². The van der Waals surface area contributed by atoms with Gasteiger partial charge in [0, 0.05) is 5.22 Å². The zero-order valence-corrected chi connectivity index (χ0v) is 8.23. The summed E-state index contributed by atoms with van der Waals surface area (Å²) < 4.78 is 40.0. The van der Waals surface area contributed by atoms with Gasteiger partial charge in [0.05, 0.1) is 5.36 Å². The monoisotopic (exact) mass is 245 g/mol. The minimum absolute atomic E-state index is 0.0530. The van der Waals surface area contributed by atoms with E-state index in [1.807, 2.05) is 0 Å². The maximum Gasteiger partial charge on any atom is 0.573 e. The molecular weight excluding hydrogens is 239 g/mol. The molecule has 0 amide bonds. The predicted octanol–water partition coefficient (Wildman–Crippen LogP) is 0.452. The lowest BCUT2D eigenvalue weighted by Crippen LogP contribution is -2.28. The molecule has 1 aliphatic heterocycles. The number of benzene rings is 1. The lowest BCUT2D eigenvalue weighted by atomic mass is 10.2. The molecule has 0 saturated heterocycles. The molecule has 0 fully saturated rings. The first-order valence-corrected chi connectivity index (χ1v) is 4.54. The van der Waals surface area contributed by atoms with Crippen LogP contribution in [0, 0.1) is 0 Å². The normalized spacial score (nSPS) is 17.9.